The van der Waals surface area contributed by atoms with Crippen molar-refractivity contribution in [2.45, 2.75) is 6.54 Å². The minimum absolute atomic E-state index is 0.501. The summed E-state index contributed by atoms with van der Waals surface area (Å²) in [5.41, 5.74) is 7.10. The Morgan fingerprint density at radius 2 is 2.31 bits per heavy atom. The zero-order valence-electron chi connectivity index (χ0n) is 8.80. The second-order valence-corrected chi connectivity index (χ2v) is 3.14. The van der Waals surface area contributed by atoms with Crippen molar-refractivity contribution >= 4 is 11.5 Å². The fraction of sp³-hybridized carbons (Fsp3) is 0.200. The molecule has 6 nitrogen and oxygen atoms in total. The van der Waals surface area contributed by atoms with Gasteiger partial charge in [-0.2, -0.15) is 4.98 Å². The Labute approximate surface area is 92.4 Å². The van der Waals surface area contributed by atoms with Gasteiger partial charge in [-0.3, -0.25) is 0 Å². The molecular weight excluding hydrogens is 208 g/mol. The minimum Gasteiger partial charge on any atom is -0.481 e. The van der Waals surface area contributed by atoms with Crippen molar-refractivity contribution in [1.82, 2.24) is 10.1 Å². The van der Waals surface area contributed by atoms with Gasteiger partial charge >= 0.3 is 0 Å². The van der Waals surface area contributed by atoms with Gasteiger partial charge in [0, 0.05) is 12.1 Å². The molecule has 3 N–H and O–H groups in total. The molecule has 0 aromatic carbocycles. The van der Waals surface area contributed by atoms with E-state index in [9.17, 15) is 0 Å². The second kappa shape index (κ2) is 4.52. The molecular formula is C10H12N4O2. The number of anilines is 2. The molecule has 0 radical (unpaired) electrons. The molecule has 0 aliphatic rings. The van der Waals surface area contributed by atoms with E-state index in [1.807, 2.05) is 0 Å². The lowest BCUT2D eigenvalue weighted by Crippen LogP contribution is -2.05. The molecule has 0 aliphatic heterocycles. The van der Waals surface area contributed by atoms with Crippen LogP contribution in [0.2, 0.25) is 0 Å². The van der Waals surface area contributed by atoms with Gasteiger partial charge in [0.2, 0.25) is 5.88 Å². The number of aromatic nitrogens is 2. The second-order valence-electron chi connectivity index (χ2n) is 3.14. The summed E-state index contributed by atoms with van der Waals surface area (Å²) in [6.07, 6.45) is 1.51. The molecule has 0 amide bonds. The topological polar surface area (TPSA) is 86.2 Å². The number of pyridine rings is 1. The number of ether oxygens (including phenoxy) is 1. The van der Waals surface area contributed by atoms with Crippen molar-refractivity contribution in [1.29, 1.82) is 0 Å². The maximum Gasteiger partial charge on any atom is 0.215 e. The van der Waals surface area contributed by atoms with Crippen LogP contribution < -0.4 is 15.8 Å². The molecule has 2 heterocycles. The molecule has 0 spiro atoms. The summed E-state index contributed by atoms with van der Waals surface area (Å²) in [6.45, 7) is 0.501. The zero-order chi connectivity index (χ0) is 11.4. The van der Waals surface area contributed by atoms with Crippen molar-refractivity contribution in [2.75, 3.05) is 18.2 Å². The first-order valence-corrected chi connectivity index (χ1v) is 4.73. The van der Waals surface area contributed by atoms with E-state index >= 15 is 0 Å². The lowest BCUT2D eigenvalue weighted by molar-refractivity contribution is 0.398. The number of hydrogen-bond acceptors (Lipinski definition) is 6. The van der Waals surface area contributed by atoms with Crippen LogP contribution in [-0.2, 0) is 6.54 Å². The normalized spacial score (nSPS) is 10.1. The number of nitrogens with two attached hydrogens (primary N) is 1. The van der Waals surface area contributed by atoms with Crippen LogP contribution >= 0.6 is 0 Å². The molecule has 2 aromatic heterocycles. The van der Waals surface area contributed by atoms with Crippen LogP contribution in [0.15, 0.2) is 29.0 Å². The van der Waals surface area contributed by atoms with Crippen LogP contribution in [-0.4, -0.2) is 17.3 Å². The Hall–Kier alpha value is -2.24. The van der Waals surface area contributed by atoms with Crippen LogP contribution in [0.4, 0.5) is 11.5 Å². The van der Waals surface area contributed by atoms with E-state index in [0.29, 0.717) is 23.9 Å². The number of nitrogen functional groups attached to an aromatic ring is 1. The monoisotopic (exact) mass is 220 g/mol. The van der Waals surface area contributed by atoms with Gasteiger partial charge in [-0.15, -0.1) is 0 Å². The number of hydrogen-bond donors (Lipinski definition) is 2. The minimum atomic E-state index is 0.501. The Morgan fingerprint density at radius 1 is 1.44 bits per heavy atom. The van der Waals surface area contributed by atoms with Gasteiger partial charge in [-0.25, -0.2) is 0 Å². The third-order valence-electron chi connectivity index (χ3n) is 2.04. The van der Waals surface area contributed by atoms with Gasteiger partial charge < -0.3 is 20.3 Å². The average Bonchev–Trinajstić information content (AvgIpc) is 2.81. The van der Waals surface area contributed by atoms with Crippen LogP contribution in [0.25, 0.3) is 0 Å². The molecule has 0 aliphatic carbocycles. The first-order valence-electron chi connectivity index (χ1n) is 4.73. The van der Waals surface area contributed by atoms with Crippen molar-refractivity contribution in [2.24, 2.45) is 0 Å². The third-order valence-corrected chi connectivity index (χ3v) is 2.04. The lowest BCUT2D eigenvalue weighted by atomic mass is 10.3. The van der Waals surface area contributed by atoms with Crippen LogP contribution in [0.3, 0.4) is 0 Å². The fourth-order valence-electron chi connectivity index (χ4n) is 1.21. The molecule has 0 bridgehead atoms. The molecule has 16 heavy (non-hydrogen) atoms. The summed E-state index contributed by atoms with van der Waals surface area (Å²) < 4.78 is 9.72. The van der Waals surface area contributed by atoms with E-state index in [4.69, 9.17) is 15.0 Å². The van der Waals surface area contributed by atoms with E-state index in [-0.39, 0.29) is 0 Å². The molecule has 0 saturated heterocycles. The summed E-state index contributed by atoms with van der Waals surface area (Å²) in [5.74, 6) is 1.08. The van der Waals surface area contributed by atoms with E-state index in [1.54, 1.807) is 25.3 Å². The van der Waals surface area contributed by atoms with E-state index in [2.05, 4.69) is 15.5 Å². The smallest absolute Gasteiger partial charge is 0.215 e. The zero-order valence-corrected chi connectivity index (χ0v) is 8.80. The van der Waals surface area contributed by atoms with E-state index in [1.165, 1.54) is 6.26 Å². The Bertz CT molecular complexity index is 456. The molecule has 0 atom stereocenters. The quantitative estimate of drug-likeness (QED) is 0.807. The van der Waals surface area contributed by atoms with Gasteiger partial charge in [-0.1, -0.05) is 5.16 Å². The summed E-state index contributed by atoms with van der Waals surface area (Å²) in [6, 6.07) is 5.21. The first-order chi connectivity index (χ1) is 7.79. The summed E-state index contributed by atoms with van der Waals surface area (Å²) >= 11 is 0. The van der Waals surface area contributed by atoms with Gasteiger partial charge in [0.15, 0.2) is 5.82 Å². The fourth-order valence-corrected chi connectivity index (χ4v) is 1.21. The lowest BCUT2D eigenvalue weighted by Gasteiger charge is -2.08. The third kappa shape index (κ3) is 2.22. The van der Waals surface area contributed by atoms with Crippen LogP contribution in [0.1, 0.15) is 5.69 Å². The Morgan fingerprint density at radius 3 is 3.00 bits per heavy atom. The SMILES string of the molecule is COc1ccc(N)c(NCc2ccon2)n1. The van der Waals surface area contributed by atoms with Crippen molar-refractivity contribution in [3.8, 4) is 5.88 Å². The van der Waals surface area contributed by atoms with E-state index in [0.717, 1.165) is 5.69 Å². The molecule has 0 unspecified atom stereocenters. The van der Waals surface area contributed by atoms with Gasteiger partial charge in [0.25, 0.3) is 0 Å². The van der Waals surface area contributed by atoms with Crippen molar-refractivity contribution < 1.29 is 9.26 Å². The van der Waals surface area contributed by atoms with Crippen molar-refractivity contribution in [3.63, 3.8) is 0 Å². The summed E-state index contributed by atoms with van der Waals surface area (Å²) in [4.78, 5) is 4.17. The van der Waals surface area contributed by atoms with Gasteiger partial charge in [-0.05, 0) is 6.07 Å². The van der Waals surface area contributed by atoms with Crippen LogP contribution in [0.5, 0.6) is 5.88 Å². The number of methoxy groups -OCH3 is 1. The highest BCUT2D eigenvalue weighted by Gasteiger charge is 2.04. The molecule has 2 rings (SSSR count). The molecule has 84 valence electrons. The maximum atomic E-state index is 5.76. The van der Waals surface area contributed by atoms with Gasteiger partial charge in [0.1, 0.15) is 12.0 Å². The number of nitrogens with one attached hydrogen (secondary N) is 1. The highest BCUT2D eigenvalue weighted by Crippen LogP contribution is 2.19. The highest BCUT2D eigenvalue weighted by atomic mass is 16.5. The van der Waals surface area contributed by atoms with Crippen LogP contribution in [0, 0.1) is 0 Å². The average molecular weight is 220 g/mol. The van der Waals surface area contributed by atoms with E-state index < -0.39 is 0 Å². The summed E-state index contributed by atoms with van der Waals surface area (Å²) in [7, 11) is 1.56. The predicted molar refractivity (Wildman–Crippen MR) is 59.0 cm³/mol. The highest BCUT2D eigenvalue weighted by molar-refractivity contribution is 5.61. The van der Waals surface area contributed by atoms with Gasteiger partial charge in [0.05, 0.1) is 19.3 Å². The Kier molecular flexibility index (Phi) is 2.90. The largest absolute Gasteiger partial charge is 0.481 e. The Balaban J connectivity index is 2.08. The number of nitrogens with zero attached hydrogens (tertiary/aromatic N) is 2. The molecule has 0 fully saturated rings. The first kappa shape index (κ1) is 10.3. The maximum absolute atomic E-state index is 5.76. The number of rotatable bonds is 4. The molecule has 2 aromatic rings. The summed E-state index contributed by atoms with van der Waals surface area (Å²) in [5, 5.41) is 6.82. The predicted octanol–water partition coefficient (Wildman–Crippen LogP) is 1.27. The molecule has 0 saturated carbocycles. The molecule has 6 heteroatoms. The van der Waals surface area contributed by atoms with Crippen molar-refractivity contribution in [3.05, 3.63) is 30.2 Å². The standard InChI is InChI=1S/C10H12N4O2/c1-15-9-3-2-8(11)10(13-9)12-6-7-4-5-16-14-7/h2-5H,6,11H2,1H3,(H,12,13).